The van der Waals surface area contributed by atoms with Gasteiger partial charge in [-0.1, -0.05) is 13.3 Å². The van der Waals surface area contributed by atoms with Crippen molar-refractivity contribution in [3.63, 3.8) is 0 Å². The average Bonchev–Trinajstić information content (AvgIpc) is 2.84. The van der Waals surface area contributed by atoms with Crippen molar-refractivity contribution in [2.24, 2.45) is 0 Å². The zero-order valence-corrected chi connectivity index (χ0v) is 26.4. The Hall–Kier alpha value is 0.720. The van der Waals surface area contributed by atoms with Crippen LogP contribution in [0, 0.1) is 0 Å². The fraction of sp³-hybridized carbons (Fsp3) is 1.00. The first-order valence-corrected chi connectivity index (χ1v) is 20.0. The summed E-state index contributed by atoms with van der Waals surface area (Å²) in [5, 5.41) is 0. The summed E-state index contributed by atoms with van der Waals surface area (Å²) < 4.78 is 0. The quantitative estimate of drug-likeness (QED) is 0.0748. The van der Waals surface area contributed by atoms with Crippen LogP contribution in [-0.2, 0) is 0 Å². The predicted octanol–water partition coefficient (Wildman–Crippen LogP) is 13.1. The Labute approximate surface area is 223 Å². The maximum absolute atomic E-state index is 8.11. The zero-order chi connectivity index (χ0) is 25.4. The van der Waals surface area contributed by atoms with E-state index in [1.54, 1.807) is 0 Å². The Balaban J connectivity index is 4.70. The third-order valence-electron chi connectivity index (χ3n) is 8.70. The molecule has 0 saturated carbocycles. The van der Waals surface area contributed by atoms with Crippen molar-refractivity contribution in [3.8, 4) is 0 Å². The van der Waals surface area contributed by atoms with Gasteiger partial charge in [0.05, 0.1) is 0 Å². The molecule has 1 unspecified atom stereocenters. The van der Waals surface area contributed by atoms with Gasteiger partial charge in [0.1, 0.15) is 0 Å². The normalized spacial score (nSPS) is 14.2. The molecule has 0 aliphatic carbocycles. The molecule has 0 amide bonds. The number of hydrogen-bond donors (Lipinski definition) is 0. The monoisotopic (exact) mass is 518 g/mol. The molecule has 34 heavy (non-hydrogen) atoms. The molecule has 0 aromatic heterocycles. The Morgan fingerprint density at radius 2 is 0.676 bits per heavy atom. The van der Waals surface area contributed by atoms with Gasteiger partial charge in [-0.2, -0.15) is 0 Å². The van der Waals surface area contributed by atoms with E-state index in [-0.39, 0.29) is 0 Å². The van der Waals surface area contributed by atoms with E-state index in [0.29, 0.717) is 0 Å². The molecule has 0 radical (unpaired) electrons. The van der Waals surface area contributed by atoms with Crippen molar-refractivity contribution in [3.05, 3.63) is 0 Å². The Morgan fingerprint density at radius 1 is 0.412 bits per heavy atom. The minimum atomic E-state index is -2.16. The Kier molecular flexibility index (Phi) is 23.4. The van der Waals surface area contributed by atoms with Crippen molar-refractivity contribution in [2.45, 2.75) is 188 Å². The molecule has 0 bridgehead atoms. The molecule has 0 heterocycles. The summed E-state index contributed by atoms with van der Waals surface area (Å²) in [4.78, 5) is 0. The van der Waals surface area contributed by atoms with Crippen LogP contribution < -0.4 is 0 Å². The van der Waals surface area contributed by atoms with Crippen LogP contribution in [-0.4, -0.2) is 24.1 Å². The molecule has 0 spiro atoms. The molecule has 0 aliphatic rings. The fourth-order valence-corrected chi connectivity index (χ4v) is 13.1. The molecule has 2 heteroatoms. The van der Waals surface area contributed by atoms with E-state index in [2.05, 4.69) is 34.6 Å². The standard InChI is InChI=1S/C32H68ClP/c1-6-10-14-17-18-19-20-21-22-23-24-27-31-34(33,29-25-15-11-7-2,30-26-16-12-8-3)32(5)28-13-9-4/h32H,6-31H2,1-5H3. The van der Waals surface area contributed by atoms with Crippen LogP contribution in [0.3, 0.4) is 0 Å². The number of unbranched alkanes of at least 4 members (excludes halogenated alkanes) is 18. The summed E-state index contributed by atoms with van der Waals surface area (Å²) in [6.07, 6.45) is 36.5. The molecule has 208 valence electrons. The zero-order valence-electron chi connectivity index (χ0n) is 24.8. The van der Waals surface area contributed by atoms with E-state index in [0.717, 1.165) is 5.66 Å². The molecule has 0 nitrogen and oxygen atoms in total. The van der Waals surface area contributed by atoms with Crippen molar-refractivity contribution >= 4 is 17.2 Å². The second kappa shape index (κ2) is 22.9. The van der Waals surface area contributed by atoms with Crippen LogP contribution >= 0.6 is 17.2 Å². The summed E-state index contributed by atoms with van der Waals surface area (Å²) in [5.74, 6) is -2.16. The summed E-state index contributed by atoms with van der Waals surface area (Å²) in [6.45, 7) is 11.9. The maximum atomic E-state index is 8.11. The minimum absolute atomic E-state index is 0.767. The van der Waals surface area contributed by atoms with Gasteiger partial charge < -0.3 is 0 Å². The first-order chi connectivity index (χ1) is 16.5. The number of rotatable bonds is 27. The van der Waals surface area contributed by atoms with Gasteiger partial charge in [0.2, 0.25) is 0 Å². The third-order valence-corrected chi connectivity index (χ3v) is 17.8. The van der Waals surface area contributed by atoms with Crippen LogP contribution in [0.15, 0.2) is 0 Å². The molecule has 0 aliphatic heterocycles. The van der Waals surface area contributed by atoms with Crippen molar-refractivity contribution in [1.82, 2.24) is 0 Å². The van der Waals surface area contributed by atoms with E-state index < -0.39 is 5.96 Å². The van der Waals surface area contributed by atoms with Gasteiger partial charge in [0.15, 0.2) is 0 Å². The van der Waals surface area contributed by atoms with Crippen molar-refractivity contribution in [2.75, 3.05) is 18.5 Å². The van der Waals surface area contributed by atoms with E-state index >= 15 is 0 Å². The van der Waals surface area contributed by atoms with Crippen molar-refractivity contribution < 1.29 is 0 Å². The van der Waals surface area contributed by atoms with E-state index in [1.165, 1.54) is 166 Å². The van der Waals surface area contributed by atoms with Crippen LogP contribution in [0.25, 0.3) is 0 Å². The topological polar surface area (TPSA) is 0 Å². The first kappa shape index (κ1) is 34.7. The van der Waals surface area contributed by atoms with Crippen molar-refractivity contribution in [1.29, 1.82) is 0 Å². The Morgan fingerprint density at radius 3 is 1.00 bits per heavy atom. The third kappa shape index (κ3) is 16.5. The van der Waals surface area contributed by atoms with Gasteiger partial charge >= 0.3 is 210 Å². The first-order valence-electron chi connectivity index (χ1n) is 16.2. The molecule has 0 aromatic rings. The molecule has 0 N–H and O–H groups in total. The second-order valence-corrected chi connectivity index (χ2v) is 20.2. The number of hydrogen-bond acceptors (Lipinski definition) is 0. The summed E-state index contributed by atoms with van der Waals surface area (Å²) in [7, 11) is 0. The van der Waals surface area contributed by atoms with E-state index in [4.69, 9.17) is 11.2 Å². The summed E-state index contributed by atoms with van der Waals surface area (Å²) in [6, 6.07) is 0. The average molecular weight is 519 g/mol. The number of halogens is 1. The van der Waals surface area contributed by atoms with Crippen LogP contribution in [0.1, 0.15) is 182 Å². The van der Waals surface area contributed by atoms with Gasteiger partial charge in [-0.05, 0) is 0 Å². The second-order valence-electron chi connectivity index (χ2n) is 11.8. The summed E-state index contributed by atoms with van der Waals surface area (Å²) >= 11 is 8.11. The van der Waals surface area contributed by atoms with Crippen LogP contribution in [0.4, 0.5) is 0 Å². The molecule has 0 aromatic carbocycles. The predicted molar refractivity (Wildman–Crippen MR) is 166 cm³/mol. The van der Waals surface area contributed by atoms with Gasteiger partial charge in [-0.3, -0.25) is 0 Å². The van der Waals surface area contributed by atoms with Crippen LogP contribution in [0.2, 0.25) is 0 Å². The van der Waals surface area contributed by atoms with Gasteiger partial charge in [0.25, 0.3) is 0 Å². The Bertz CT molecular complexity index is 409. The van der Waals surface area contributed by atoms with E-state index in [9.17, 15) is 0 Å². The molecule has 0 fully saturated rings. The molecule has 0 saturated heterocycles. The molecule has 1 atom stereocenters. The SMILES string of the molecule is CCCCCCCCCCCCCCP(Cl)(CCCCCC)(CCCCCC)C(C)CCCC. The molecular formula is C32H68ClP. The fourth-order valence-electron chi connectivity index (χ4n) is 5.97. The van der Waals surface area contributed by atoms with Crippen LogP contribution in [0.5, 0.6) is 0 Å². The molecule has 0 rings (SSSR count). The van der Waals surface area contributed by atoms with Gasteiger partial charge in [0, 0.05) is 0 Å². The summed E-state index contributed by atoms with van der Waals surface area (Å²) in [5.41, 5.74) is 0.767. The van der Waals surface area contributed by atoms with Gasteiger partial charge in [-0.15, -0.1) is 0 Å². The van der Waals surface area contributed by atoms with Gasteiger partial charge in [-0.25, -0.2) is 0 Å². The van der Waals surface area contributed by atoms with E-state index in [1.807, 2.05) is 0 Å². The molecular weight excluding hydrogens is 451 g/mol.